The first kappa shape index (κ1) is 25.0. The molecule has 0 aliphatic rings. The molecule has 3 nitrogen and oxygen atoms in total. The molecule has 1 N–H and O–H groups in total. The van der Waals surface area contributed by atoms with E-state index in [1.54, 1.807) is 14.2 Å². The lowest BCUT2D eigenvalue weighted by molar-refractivity contribution is 0.282. The summed E-state index contributed by atoms with van der Waals surface area (Å²) in [6, 6.07) is 34.3. The van der Waals surface area contributed by atoms with Crippen molar-refractivity contribution in [2.75, 3.05) is 20.9 Å². The van der Waals surface area contributed by atoms with Crippen LogP contribution in [0, 0.1) is 0 Å². The number of aliphatic hydroxyl groups excluding tert-OH is 1. The average molecular weight is 486 g/mol. The van der Waals surface area contributed by atoms with E-state index in [0.717, 1.165) is 17.1 Å². The first-order chi connectivity index (χ1) is 16.8. The topological polar surface area (TPSA) is 38.7 Å². The van der Waals surface area contributed by atoms with Crippen LogP contribution in [0.5, 0.6) is 11.5 Å². The Balaban J connectivity index is 1.77. The van der Waals surface area contributed by atoms with Crippen molar-refractivity contribution in [2.24, 2.45) is 0 Å². The number of methoxy groups -OCH3 is 2. The molecule has 0 bridgehead atoms. The molecule has 0 spiro atoms. The molecule has 4 rings (SSSR count). The lowest BCUT2D eigenvalue weighted by Gasteiger charge is -2.28. The molecule has 4 aromatic carbocycles. The van der Waals surface area contributed by atoms with Gasteiger partial charge in [-0.15, -0.1) is 0 Å². The van der Waals surface area contributed by atoms with Gasteiger partial charge in [-0.05, 0) is 77.4 Å². The molecule has 0 aliphatic carbocycles. The summed E-state index contributed by atoms with van der Waals surface area (Å²) in [6.45, 7) is 6.93. The van der Waals surface area contributed by atoms with Gasteiger partial charge >= 0.3 is 0 Å². The number of ether oxygens (including phenoxy) is 2. The van der Waals surface area contributed by atoms with E-state index < -0.39 is 7.26 Å². The van der Waals surface area contributed by atoms with Crippen LogP contribution >= 0.6 is 7.26 Å². The van der Waals surface area contributed by atoms with E-state index >= 15 is 0 Å². The standard InChI is InChI=1S/C31H34O3P/c1-31(2,24-8-12-26(33-3)13-9-24)25-10-18-29(19-11-25)35(5,28-16-6-23(22-32)7-17-28)30-20-14-27(34-4)15-21-30/h6-21,32H,22H2,1-5H3/q+1. The van der Waals surface area contributed by atoms with Crippen molar-refractivity contribution in [3.63, 3.8) is 0 Å². The van der Waals surface area contributed by atoms with E-state index in [-0.39, 0.29) is 12.0 Å². The predicted molar refractivity (Wildman–Crippen MR) is 149 cm³/mol. The fourth-order valence-electron chi connectivity index (χ4n) is 4.58. The number of rotatable bonds is 8. The number of benzene rings is 4. The second-order valence-corrected chi connectivity index (χ2v) is 13.0. The summed E-state index contributed by atoms with van der Waals surface area (Å²) in [4.78, 5) is 0. The van der Waals surface area contributed by atoms with Gasteiger partial charge in [0.2, 0.25) is 0 Å². The first-order valence-electron chi connectivity index (χ1n) is 11.8. The Morgan fingerprint density at radius 2 is 0.943 bits per heavy atom. The summed E-state index contributed by atoms with van der Waals surface area (Å²) >= 11 is 0. The quantitative estimate of drug-likeness (QED) is 0.338. The second kappa shape index (κ2) is 10.2. The molecule has 0 radical (unpaired) electrons. The fraction of sp³-hybridized carbons (Fsp3) is 0.226. The molecule has 35 heavy (non-hydrogen) atoms. The van der Waals surface area contributed by atoms with Crippen molar-refractivity contribution < 1.29 is 14.6 Å². The lowest BCUT2D eigenvalue weighted by atomic mass is 9.78. The van der Waals surface area contributed by atoms with Gasteiger partial charge < -0.3 is 14.6 Å². The van der Waals surface area contributed by atoms with E-state index in [4.69, 9.17) is 9.47 Å². The average Bonchev–Trinajstić information content (AvgIpc) is 2.92. The van der Waals surface area contributed by atoms with Crippen LogP contribution in [-0.2, 0) is 12.0 Å². The third kappa shape index (κ3) is 4.85. The zero-order valence-corrected chi connectivity index (χ0v) is 22.1. The Kier molecular flexibility index (Phi) is 7.31. The van der Waals surface area contributed by atoms with Crippen LogP contribution in [0.2, 0.25) is 0 Å². The molecule has 1 unspecified atom stereocenters. The van der Waals surface area contributed by atoms with Gasteiger partial charge in [-0.2, -0.15) is 0 Å². The van der Waals surface area contributed by atoms with Gasteiger partial charge in [-0.3, -0.25) is 0 Å². The lowest BCUT2D eigenvalue weighted by Crippen LogP contribution is -2.31. The summed E-state index contributed by atoms with van der Waals surface area (Å²) in [7, 11) is 1.49. The molecule has 0 amide bonds. The highest BCUT2D eigenvalue weighted by Crippen LogP contribution is 2.52. The Bertz CT molecular complexity index is 1200. The van der Waals surface area contributed by atoms with Crippen LogP contribution in [-0.4, -0.2) is 26.0 Å². The summed E-state index contributed by atoms with van der Waals surface area (Å²) in [5.41, 5.74) is 3.30. The predicted octanol–water partition coefficient (Wildman–Crippen LogP) is 5.45. The smallest absolute Gasteiger partial charge is 0.119 e. The molecular weight excluding hydrogens is 451 g/mol. The molecule has 0 fully saturated rings. The van der Waals surface area contributed by atoms with Gasteiger partial charge in [0.25, 0.3) is 0 Å². The largest absolute Gasteiger partial charge is 0.497 e. The Morgan fingerprint density at radius 3 is 1.34 bits per heavy atom. The third-order valence-electron chi connectivity index (χ3n) is 7.14. The molecule has 4 heteroatoms. The minimum atomic E-state index is -1.90. The zero-order valence-electron chi connectivity index (χ0n) is 21.2. The van der Waals surface area contributed by atoms with Crippen LogP contribution in [0.3, 0.4) is 0 Å². The van der Waals surface area contributed by atoms with E-state index in [0.29, 0.717) is 0 Å². The van der Waals surface area contributed by atoms with Crippen LogP contribution in [0.4, 0.5) is 0 Å². The molecule has 0 aromatic heterocycles. The van der Waals surface area contributed by atoms with Gasteiger partial charge in [0.05, 0.1) is 27.5 Å². The molecule has 0 saturated carbocycles. The van der Waals surface area contributed by atoms with E-state index in [9.17, 15) is 5.11 Å². The van der Waals surface area contributed by atoms with Crippen LogP contribution < -0.4 is 25.4 Å². The number of aliphatic hydroxyl groups is 1. The SMILES string of the molecule is COc1ccc(C(C)(C)c2ccc([P+](C)(c3ccc(CO)cc3)c3ccc(OC)cc3)cc2)cc1. The summed E-state index contributed by atoms with van der Waals surface area (Å²) in [5, 5.41) is 13.4. The highest BCUT2D eigenvalue weighted by atomic mass is 31.2. The maximum Gasteiger partial charge on any atom is 0.119 e. The first-order valence-corrected chi connectivity index (χ1v) is 14.0. The molecule has 4 aromatic rings. The minimum Gasteiger partial charge on any atom is -0.497 e. The Labute approximate surface area is 209 Å². The fourth-order valence-corrected chi connectivity index (χ4v) is 7.71. The maximum atomic E-state index is 9.54. The molecule has 0 aliphatic heterocycles. The third-order valence-corrected chi connectivity index (χ3v) is 11.1. The summed E-state index contributed by atoms with van der Waals surface area (Å²) < 4.78 is 10.7. The van der Waals surface area contributed by atoms with Gasteiger partial charge in [-0.25, -0.2) is 0 Å². The van der Waals surface area contributed by atoms with Crippen molar-refractivity contribution in [2.45, 2.75) is 25.9 Å². The molecule has 0 saturated heterocycles. The van der Waals surface area contributed by atoms with Crippen molar-refractivity contribution in [1.29, 1.82) is 0 Å². The van der Waals surface area contributed by atoms with Crippen LogP contribution in [0.25, 0.3) is 0 Å². The van der Waals surface area contributed by atoms with Crippen molar-refractivity contribution in [3.05, 3.63) is 114 Å². The van der Waals surface area contributed by atoms with Gasteiger partial charge in [-0.1, -0.05) is 50.2 Å². The van der Waals surface area contributed by atoms with Crippen molar-refractivity contribution >= 4 is 23.2 Å². The summed E-state index contributed by atoms with van der Waals surface area (Å²) in [5.74, 6) is 1.72. The molecule has 0 heterocycles. The van der Waals surface area contributed by atoms with Gasteiger partial charge in [0.1, 0.15) is 34.7 Å². The van der Waals surface area contributed by atoms with E-state index in [1.807, 2.05) is 36.4 Å². The van der Waals surface area contributed by atoms with Crippen molar-refractivity contribution in [1.82, 2.24) is 0 Å². The van der Waals surface area contributed by atoms with E-state index in [2.05, 4.69) is 81.2 Å². The van der Waals surface area contributed by atoms with Gasteiger partial charge in [0.15, 0.2) is 0 Å². The monoisotopic (exact) mass is 485 g/mol. The Morgan fingerprint density at radius 1 is 0.600 bits per heavy atom. The molecular formula is C31H34O3P+. The van der Waals surface area contributed by atoms with Gasteiger partial charge in [0, 0.05) is 5.41 Å². The maximum absolute atomic E-state index is 9.54. The number of hydrogen-bond acceptors (Lipinski definition) is 3. The highest BCUT2D eigenvalue weighted by Gasteiger charge is 2.40. The van der Waals surface area contributed by atoms with Crippen molar-refractivity contribution in [3.8, 4) is 11.5 Å². The normalized spacial score (nSPS) is 13.2. The number of hydrogen-bond donors (Lipinski definition) is 1. The summed E-state index contributed by atoms with van der Waals surface area (Å²) in [6.07, 6.45) is 0. The highest BCUT2D eigenvalue weighted by molar-refractivity contribution is 7.95. The second-order valence-electron chi connectivity index (χ2n) is 9.43. The van der Waals surface area contributed by atoms with E-state index in [1.165, 1.54) is 27.0 Å². The Hall–Kier alpha value is -3.13. The van der Waals surface area contributed by atoms with Crippen LogP contribution in [0.15, 0.2) is 97.1 Å². The van der Waals surface area contributed by atoms with Crippen LogP contribution in [0.1, 0.15) is 30.5 Å². The molecule has 180 valence electrons. The zero-order chi connectivity index (χ0) is 25.1. The minimum absolute atomic E-state index is 0.0487. The molecule has 1 atom stereocenters.